The molecule has 0 unspecified atom stereocenters. The van der Waals surface area contributed by atoms with Gasteiger partial charge in [-0.2, -0.15) is 0 Å². The van der Waals surface area contributed by atoms with Crippen LogP contribution in [0.1, 0.15) is 5.56 Å². The van der Waals surface area contributed by atoms with E-state index in [-0.39, 0.29) is 10.5 Å². The highest BCUT2D eigenvalue weighted by Crippen LogP contribution is 2.17. The van der Waals surface area contributed by atoms with E-state index in [1.165, 1.54) is 42.5 Å². The van der Waals surface area contributed by atoms with E-state index in [1.807, 2.05) is 4.72 Å². The summed E-state index contributed by atoms with van der Waals surface area (Å²) in [6.45, 7) is 0. The number of amides is 1. The lowest BCUT2D eigenvalue weighted by atomic mass is 10.1. The summed E-state index contributed by atoms with van der Waals surface area (Å²) in [5.74, 6) is -1.41. The monoisotopic (exact) mass is 405 g/mol. The maximum atomic E-state index is 13.6. The van der Waals surface area contributed by atoms with Crippen LogP contribution in [0.25, 0.3) is 0 Å². The number of hydrogen-bond donors (Lipinski definition) is 1. The van der Waals surface area contributed by atoms with Gasteiger partial charge in [-0.1, -0.05) is 27.5 Å². The molecule has 1 N–H and O–H groups in total. The van der Waals surface area contributed by atoms with Gasteiger partial charge >= 0.3 is 0 Å². The Balaban J connectivity index is 2.14. The largest absolute Gasteiger partial charge is 0.274 e. The second kappa shape index (κ2) is 6.76. The maximum absolute atomic E-state index is 13.6. The molecule has 0 aliphatic heterocycles. The number of carbonyl (C=O) groups excluding carboxylic acids is 1. The van der Waals surface area contributed by atoms with Crippen molar-refractivity contribution in [1.29, 1.82) is 0 Å². The molecule has 0 spiro atoms. The molecule has 2 rings (SSSR count). The van der Waals surface area contributed by atoms with E-state index in [0.717, 1.165) is 0 Å². The summed E-state index contributed by atoms with van der Waals surface area (Å²) in [5.41, 5.74) is 0.0955. The Bertz CT molecular complexity index is 809. The van der Waals surface area contributed by atoms with Crippen LogP contribution in [0.4, 0.5) is 4.39 Å². The Labute approximate surface area is 140 Å². The van der Waals surface area contributed by atoms with Gasteiger partial charge in [0.05, 0.1) is 11.3 Å². The first kappa shape index (κ1) is 16.9. The van der Waals surface area contributed by atoms with Gasteiger partial charge in [0, 0.05) is 9.50 Å². The minimum absolute atomic E-state index is 0.0955. The molecular weight excluding hydrogens is 397 g/mol. The van der Waals surface area contributed by atoms with Crippen molar-refractivity contribution in [2.45, 2.75) is 11.3 Å². The highest BCUT2D eigenvalue weighted by molar-refractivity contribution is 9.10. The van der Waals surface area contributed by atoms with Gasteiger partial charge in [0.25, 0.3) is 10.0 Å². The second-order valence-corrected chi connectivity index (χ2v) is 7.43. The number of sulfonamides is 1. The molecule has 0 heterocycles. The molecule has 2 aromatic carbocycles. The third-order valence-electron chi connectivity index (χ3n) is 2.73. The summed E-state index contributed by atoms with van der Waals surface area (Å²) in [6.07, 6.45) is -0.391. The number of carbonyl (C=O) groups is 1. The molecule has 22 heavy (non-hydrogen) atoms. The molecule has 1 amide bonds. The van der Waals surface area contributed by atoms with Gasteiger partial charge in [0.15, 0.2) is 0 Å². The van der Waals surface area contributed by atoms with Crippen LogP contribution < -0.4 is 4.72 Å². The van der Waals surface area contributed by atoms with Crippen molar-refractivity contribution < 1.29 is 17.6 Å². The number of rotatable bonds is 4. The molecule has 0 saturated heterocycles. The van der Waals surface area contributed by atoms with Crippen LogP contribution in [0.2, 0.25) is 5.02 Å². The molecule has 0 aliphatic rings. The Morgan fingerprint density at radius 2 is 1.82 bits per heavy atom. The lowest BCUT2D eigenvalue weighted by Gasteiger charge is -2.08. The van der Waals surface area contributed by atoms with Crippen molar-refractivity contribution >= 4 is 43.5 Å². The van der Waals surface area contributed by atoms with Crippen molar-refractivity contribution in [3.8, 4) is 0 Å². The molecule has 116 valence electrons. The van der Waals surface area contributed by atoms with Crippen LogP contribution in [0.15, 0.2) is 51.8 Å². The van der Waals surface area contributed by atoms with E-state index < -0.39 is 28.2 Å². The van der Waals surface area contributed by atoms with Crippen LogP contribution >= 0.6 is 27.5 Å². The highest BCUT2D eigenvalue weighted by atomic mass is 79.9. The van der Waals surface area contributed by atoms with E-state index in [2.05, 4.69) is 15.9 Å². The number of nitrogens with one attached hydrogen (secondary N) is 1. The van der Waals surface area contributed by atoms with E-state index in [1.54, 1.807) is 0 Å². The molecule has 0 aromatic heterocycles. The first-order valence-corrected chi connectivity index (χ1v) is 8.68. The Morgan fingerprint density at radius 1 is 1.18 bits per heavy atom. The van der Waals surface area contributed by atoms with Crippen LogP contribution in [-0.4, -0.2) is 14.3 Å². The zero-order chi connectivity index (χ0) is 16.3. The Kier molecular flexibility index (Phi) is 5.20. The van der Waals surface area contributed by atoms with Gasteiger partial charge in [-0.25, -0.2) is 17.5 Å². The van der Waals surface area contributed by atoms with Gasteiger partial charge in [-0.05, 0) is 48.0 Å². The summed E-state index contributed by atoms with van der Waals surface area (Å²) in [6, 6.07) is 9.45. The third kappa shape index (κ3) is 4.28. The number of benzene rings is 2. The smallest absolute Gasteiger partial charge is 0.264 e. The molecule has 2 aromatic rings. The third-order valence-corrected chi connectivity index (χ3v) is 4.87. The van der Waals surface area contributed by atoms with Gasteiger partial charge < -0.3 is 0 Å². The average molecular weight is 407 g/mol. The summed E-state index contributed by atoms with van der Waals surface area (Å²) in [4.78, 5) is 11.7. The minimum Gasteiger partial charge on any atom is -0.274 e. The Hall–Kier alpha value is -1.44. The van der Waals surface area contributed by atoms with Gasteiger partial charge in [-0.15, -0.1) is 0 Å². The normalized spacial score (nSPS) is 11.2. The standard InChI is InChI=1S/C14H10BrClFNO3S/c15-10-1-6-13(17)9(7-10)8-14(19)18-22(20,21)12-4-2-11(16)3-5-12/h1-7H,8H2,(H,18,19). The molecule has 0 atom stereocenters. The van der Waals surface area contributed by atoms with E-state index in [4.69, 9.17) is 11.6 Å². The molecule has 0 radical (unpaired) electrons. The minimum atomic E-state index is -4.01. The molecule has 0 saturated carbocycles. The van der Waals surface area contributed by atoms with E-state index in [0.29, 0.717) is 9.50 Å². The summed E-state index contributed by atoms with van der Waals surface area (Å²) in [7, 11) is -4.01. The van der Waals surface area contributed by atoms with Crippen molar-refractivity contribution in [2.24, 2.45) is 0 Å². The van der Waals surface area contributed by atoms with Gasteiger partial charge in [-0.3, -0.25) is 4.79 Å². The van der Waals surface area contributed by atoms with E-state index in [9.17, 15) is 17.6 Å². The molecule has 0 bridgehead atoms. The van der Waals surface area contributed by atoms with E-state index >= 15 is 0 Å². The Morgan fingerprint density at radius 3 is 2.45 bits per heavy atom. The first-order chi connectivity index (χ1) is 10.3. The summed E-state index contributed by atoms with van der Waals surface area (Å²) in [5, 5.41) is 0.376. The van der Waals surface area contributed by atoms with Crippen molar-refractivity contribution in [3.05, 3.63) is 63.3 Å². The summed E-state index contributed by atoms with van der Waals surface area (Å²) >= 11 is 8.84. The fraction of sp³-hybridized carbons (Fsp3) is 0.0714. The lowest BCUT2D eigenvalue weighted by Crippen LogP contribution is -2.32. The number of halogens is 3. The predicted octanol–water partition coefficient (Wildman–Crippen LogP) is 3.29. The van der Waals surface area contributed by atoms with Crippen molar-refractivity contribution in [1.82, 2.24) is 4.72 Å². The van der Waals surface area contributed by atoms with Gasteiger partial charge in [0.2, 0.25) is 5.91 Å². The van der Waals surface area contributed by atoms with Crippen LogP contribution in [0.5, 0.6) is 0 Å². The predicted molar refractivity (Wildman–Crippen MR) is 84.6 cm³/mol. The fourth-order valence-electron chi connectivity index (χ4n) is 1.71. The zero-order valence-corrected chi connectivity index (χ0v) is 14.2. The SMILES string of the molecule is O=C(Cc1cc(Br)ccc1F)NS(=O)(=O)c1ccc(Cl)cc1. The van der Waals surface area contributed by atoms with Crippen molar-refractivity contribution in [2.75, 3.05) is 0 Å². The fourth-order valence-corrected chi connectivity index (χ4v) is 3.23. The lowest BCUT2D eigenvalue weighted by molar-refractivity contribution is -0.118. The van der Waals surface area contributed by atoms with Gasteiger partial charge in [0.1, 0.15) is 5.82 Å². The molecular formula is C14H10BrClFNO3S. The summed E-state index contributed by atoms with van der Waals surface area (Å²) < 4.78 is 40.1. The topological polar surface area (TPSA) is 63.2 Å². The number of hydrogen-bond acceptors (Lipinski definition) is 3. The second-order valence-electron chi connectivity index (χ2n) is 4.40. The average Bonchev–Trinajstić information content (AvgIpc) is 2.42. The maximum Gasteiger partial charge on any atom is 0.264 e. The van der Waals surface area contributed by atoms with Crippen molar-refractivity contribution in [3.63, 3.8) is 0 Å². The highest BCUT2D eigenvalue weighted by Gasteiger charge is 2.18. The quantitative estimate of drug-likeness (QED) is 0.847. The molecule has 0 fully saturated rings. The van der Waals surface area contributed by atoms with Crippen LogP contribution in [0.3, 0.4) is 0 Å². The van der Waals surface area contributed by atoms with Crippen LogP contribution in [0, 0.1) is 5.82 Å². The zero-order valence-electron chi connectivity index (χ0n) is 11.0. The van der Waals surface area contributed by atoms with Crippen LogP contribution in [-0.2, 0) is 21.2 Å². The molecule has 4 nitrogen and oxygen atoms in total. The first-order valence-electron chi connectivity index (χ1n) is 6.03. The molecule has 8 heteroatoms. The molecule has 0 aliphatic carbocycles.